The van der Waals surface area contributed by atoms with Gasteiger partial charge in [-0.25, -0.2) is 4.79 Å². The highest BCUT2D eigenvalue weighted by atomic mass is 16.5. The van der Waals surface area contributed by atoms with Gasteiger partial charge in [-0.1, -0.05) is 12.8 Å². The topological polar surface area (TPSA) is 105 Å². The molecular weight excluding hydrogens is 398 g/mol. The van der Waals surface area contributed by atoms with E-state index in [1.54, 1.807) is 6.92 Å². The second-order valence-electron chi connectivity index (χ2n) is 10.7. The van der Waals surface area contributed by atoms with E-state index in [9.17, 15) is 19.2 Å². The number of amides is 4. The van der Waals surface area contributed by atoms with Crippen LogP contribution in [0, 0.1) is 17.8 Å². The minimum absolute atomic E-state index is 0.0193. The molecule has 0 aromatic carbocycles. The molecule has 4 amide bonds. The molecule has 31 heavy (non-hydrogen) atoms. The molecule has 1 heterocycles. The molecule has 6 aliphatic rings. The Morgan fingerprint density at radius 3 is 2.26 bits per heavy atom. The van der Waals surface area contributed by atoms with Gasteiger partial charge in [0, 0.05) is 12.1 Å². The second-order valence-corrected chi connectivity index (χ2v) is 10.7. The number of ether oxygens (including phenoxy) is 1. The third kappa shape index (κ3) is 3.72. The molecular formula is C23H33N3O5. The summed E-state index contributed by atoms with van der Waals surface area (Å²) in [7, 11) is 0. The Hall–Kier alpha value is -2.12. The van der Waals surface area contributed by atoms with Crippen LogP contribution in [0.15, 0.2) is 0 Å². The molecule has 0 aromatic heterocycles. The lowest BCUT2D eigenvalue weighted by Gasteiger charge is -2.57. The number of nitrogens with one attached hydrogen (secondary N) is 2. The van der Waals surface area contributed by atoms with Crippen molar-refractivity contribution >= 4 is 23.8 Å². The summed E-state index contributed by atoms with van der Waals surface area (Å²) >= 11 is 0. The zero-order chi connectivity index (χ0) is 21.8. The highest BCUT2D eigenvalue weighted by Crippen LogP contribution is 2.55. The van der Waals surface area contributed by atoms with Gasteiger partial charge in [0.15, 0.2) is 6.10 Å². The second kappa shape index (κ2) is 7.48. The Morgan fingerprint density at radius 2 is 1.68 bits per heavy atom. The van der Waals surface area contributed by atoms with Gasteiger partial charge in [-0.05, 0) is 76.0 Å². The number of carbonyl (C=O) groups excluding carboxylic acids is 4. The number of rotatable bonds is 6. The van der Waals surface area contributed by atoms with Crippen molar-refractivity contribution in [1.82, 2.24) is 15.5 Å². The van der Waals surface area contributed by atoms with E-state index in [0.717, 1.165) is 54.8 Å². The third-order valence-electron chi connectivity index (χ3n) is 8.35. The van der Waals surface area contributed by atoms with Crippen LogP contribution in [0.2, 0.25) is 0 Å². The zero-order valence-corrected chi connectivity index (χ0v) is 18.3. The number of hydrogen-bond donors (Lipinski definition) is 2. The van der Waals surface area contributed by atoms with E-state index in [2.05, 4.69) is 10.6 Å². The summed E-state index contributed by atoms with van der Waals surface area (Å²) in [6, 6.07) is -0.438. The van der Waals surface area contributed by atoms with Crippen molar-refractivity contribution < 1.29 is 23.9 Å². The van der Waals surface area contributed by atoms with Crippen molar-refractivity contribution in [2.75, 3.05) is 6.54 Å². The Morgan fingerprint density at radius 1 is 1.10 bits per heavy atom. The summed E-state index contributed by atoms with van der Waals surface area (Å²) in [5.41, 5.74) is -0.895. The number of carbonyl (C=O) groups is 4. The molecule has 170 valence electrons. The quantitative estimate of drug-likeness (QED) is 0.496. The van der Waals surface area contributed by atoms with Crippen LogP contribution in [0.4, 0.5) is 4.79 Å². The van der Waals surface area contributed by atoms with Crippen molar-refractivity contribution in [1.29, 1.82) is 0 Å². The Kier molecular flexibility index (Phi) is 5.01. The van der Waals surface area contributed by atoms with Gasteiger partial charge < -0.3 is 15.4 Å². The average molecular weight is 432 g/mol. The van der Waals surface area contributed by atoms with Gasteiger partial charge in [-0.3, -0.25) is 19.3 Å². The molecule has 0 radical (unpaired) electrons. The van der Waals surface area contributed by atoms with Gasteiger partial charge in [0.1, 0.15) is 5.54 Å². The van der Waals surface area contributed by atoms with Crippen LogP contribution >= 0.6 is 0 Å². The maximum Gasteiger partial charge on any atom is 0.325 e. The van der Waals surface area contributed by atoms with E-state index in [1.807, 2.05) is 0 Å². The first-order chi connectivity index (χ1) is 14.8. The first-order valence-electron chi connectivity index (χ1n) is 11.9. The molecule has 8 heteroatoms. The fourth-order valence-electron chi connectivity index (χ4n) is 7.34. The van der Waals surface area contributed by atoms with Crippen molar-refractivity contribution in [3.05, 3.63) is 0 Å². The zero-order valence-electron chi connectivity index (χ0n) is 18.3. The Balaban J connectivity index is 1.11. The Bertz CT molecular complexity index is 768. The fourth-order valence-corrected chi connectivity index (χ4v) is 7.34. The predicted molar refractivity (Wildman–Crippen MR) is 111 cm³/mol. The van der Waals surface area contributed by atoms with Crippen LogP contribution in [0.5, 0.6) is 0 Å². The molecule has 5 aliphatic carbocycles. The van der Waals surface area contributed by atoms with Crippen LogP contribution in [0.3, 0.4) is 0 Å². The fraction of sp³-hybridized carbons (Fsp3) is 0.826. The number of hydrogen-bond acceptors (Lipinski definition) is 5. The monoisotopic (exact) mass is 431 g/mol. The predicted octanol–water partition coefficient (Wildman–Crippen LogP) is 2.26. The highest BCUT2D eigenvalue weighted by molar-refractivity contribution is 6.07. The molecule has 4 bridgehead atoms. The van der Waals surface area contributed by atoms with Crippen LogP contribution in [0.1, 0.15) is 77.6 Å². The van der Waals surface area contributed by atoms with Crippen LogP contribution in [0.25, 0.3) is 0 Å². The summed E-state index contributed by atoms with van der Waals surface area (Å²) in [4.78, 5) is 51.1. The summed E-state index contributed by atoms with van der Waals surface area (Å²) in [6.07, 6.45) is 9.15. The minimum Gasteiger partial charge on any atom is -0.452 e. The molecule has 1 aliphatic heterocycles. The molecule has 6 fully saturated rings. The van der Waals surface area contributed by atoms with E-state index in [1.165, 1.54) is 19.3 Å². The van der Waals surface area contributed by atoms with Crippen molar-refractivity contribution in [2.45, 2.75) is 94.7 Å². The molecule has 6 rings (SSSR count). The third-order valence-corrected chi connectivity index (χ3v) is 8.35. The van der Waals surface area contributed by atoms with Gasteiger partial charge in [-0.15, -0.1) is 0 Å². The van der Waals surface area contributed by atoms with Crippen molar-refractivity contribution in [3.63, 3.8) is 0 Å². The normalized spacial score (nSPS) is 36.0. The van der Waals surface area contributed by atoms with Gasteiger partial charge in [0.05, 0.1) is 6.42 Å². The SMILES string of the molecule is C[C@@H](OC(=O)CCN1C(=O)NC2(CCCC2)C1=O)C(=O)NC12CC3CC(CC(C3)C1)C2. The Labute approximate surface area is 182 Å². The van der Waals surface area contributed by atoms with E-state index < -0.39 is 23.6 Å². The lowest BCUT2D eigenvalue weighted by Crippen LogP contribution is -2.61. The van der Waals surface area contributed by atoms with Gasteiger partial charge in [0.2, 0.25) is 0 Å². The van der Waals surface area contributed by atoms with Crippen LogP contribution in [-0.4, -0.2) is 52.4 Å². The van der Waals surface area contributed by atoms with Crippen molar-refractivity contribution in [2.24, 2.45) is 17.8 Å². The molecule has 1 spiro atoms. The van der Waals surface area contributed by atoms with Gasteiger partial charge in [0.25, 0.3) is 11.8 Å². The van der Waals surface area contributed by atoms with E-state index in [4.69, 9.17) is 4.74 Å². The van der Waals surface area contributed by atoms with Gasteiger partial charge >= 0.3 is 12.0 Å². The van der Waals surface area contributed by atoms with Crippen LogP contribution < -0.4 is 10.6 Å². The molecule has 1 saturated heterocycles. The van der Waals surface area contributed by atoms with Crippen LogP contribution in [-0.2, 0) is 19.1 Å². The number of nitrogens with zero attached hydrogens (tertiary/aromatic N) is 1. The lowest BCUT2D eigenvalue weighted by atomic mass is 9.53. The highest BCUT2D eigenvalue weighted by Gasteiger charge is 2.53. The molecule has 2 N–H and O–H groups in total. The standard InChI is InChI=1S/C23H33N3O5/c1-14(19(28)24-22-11-15-8-16(12-22)10-17(9-15)13-22)31-18(27)4-7-26-20(29)23(25-21(26)30)5-2-3-6-23/h14-17H,2-13H2,1H3,(H,24,28)(H,25,30)/t14-,15?,16?,17?,22?/m1/s1. The first kappa shape index (κ1) is 20.8. The van der Waals surface area contributed by atoms with E-state index in [-0.39, 0.29) is 30.3 Å². The smallest absolute Gasteiger partial charge is 0.325 e. The van der Waals surface area contributed by atoms with E-state index >= 15 is 0 Å². The summed E-state index contributed by atoms with van der Waals surface area (Å²) in [5, 5.41) is 6.03. The summed E-state index contributed by atoms with van der Waals surface area (Å²) in [6.45, 7) is 1.57. The minimum atomic E-state index is -0.884. The lowest BCUT2D eigenvalue weighted by molar-refractivity contribution is -0.157. The van der Waals surface area contributed by atoms with Gasteiger partial charge in [-0.2, -0.15) is 0 Å². The summed E-state index contributed by atoms with van der Waals surface area (Å²) < 4.78 is 5.35. The molecule has 0 aromatic rings. The maximum absolute atomic E-state index is 12.8. The number of imide groups is 1. The molecule has 5 saturated carbocycles. The molecule has 1 atom stereocenters. The van der Waals surface area contributed by atoms with Crippen molar-refractivity contribution in [3.8, 4) is 0 Å². The number of esters is 1. The average Bonchev–Trinajstić information content (AvgIpc) is 3.24. The molecule has 0 unspecified atom stereocenters. The molecule has 8 nitrogen and oxygen atoms in total. The first-order valence-corrected chi connectivity index (χ1v) is 11.9. The van der Waals surface area contributed by atoms with E-state index in [0.29, 0.717) is 12.8 Å². The largest absolute Gasteiger partial charge is 0.452 e. The maximum atomic E-state index is 12.8. The summed E-state index contributed by atoms with van der Waals surface area (Å²) in [5.74, 6) is 1.11. The number of urea groups is 1.